The first-order valence-corrected chi connectivity index (χ1v) is 5.56. The van der Waals surface area contributed by atoms with E-state index >= 15 is 0 Å². The molecule has 1 N–H and O–H groups in total. The maximum Gasteiger partial charge on any atom is 0.407 e. The Labute approximate surface area is 86.2 Å². The van der Waals surface area contributed by atoms with Crippen LogP contribution in [0.25, 0.3) is 0 Å². The zero-order valence-electron chi connectivity index (χ0n) is 9.38. The Bertz CT molecular complexity index is 186. The molecule has 0 aromatic heterocycles. The van der Waals surface area contributed by atoms with Gasteiger partial charge in [-0.25, -0.2) is 4.79 Å². The van der Waals surface area contributed by atoms with Crippen LogP contribution >= 0.6 is 0 Å². The number of carbonyl (C=O) groups excluding carboxylic acids is 1. The van der Waals surface area contributed by atoms with Gasteiger partial charge >= 0.3 is 6.09 Å². The number of rotatable bonds is 3. The van der Waals surface area contributed by atoms with E-state index in [9.17, 15) is 4.79 Å². The van der Waals surface area contributed by atoms with E-state index in [1.807, 2.05) is 13.8 Å². The van der Waals surface area contributed by atoms with Crippen molar-refractivity contribution < 1.29 is 9.53 Å². The van der Waals surface area contributed by atoms with Crippen LogP contribution in [0.4, 0.5) is 4.79 Å². The molecule has 14 heavy (non-hydrogen) atoms. The molecule has 0 bridgehead atoms. The van der Waals surface area contributed by atoms with Gasteiger partial charge in [0.2, 0.25) is 0 Å². The van der Waals surface area contributed by atoms with Crippen LogP contribution in [0.1, 0.15) is 46.5 Å². The van der Waals surface area contributed by atoms with E-state index in [4.69, 9.17) is 4.74 Å². The highest BCUT2D eigenvalue weighted by molar-refractivity contribution is 5.67. The summed E-state index contributed by atoms with van der Waals surface area (Å²) in [6, 6.07) is 0.253. The van der Waals surface area contributed by atoms with Gasteiger partial charge in [-0.05, 0) is 39.5 Å². The molecule has 1 aliphatic rings. The number of nitrogens with one attached hydrogen (secondary N) is 1. The van der Waals surface area contributed by atoms with Crippen LogP contribution in [0, 0.1) is 5.92 Å². The smallest absolute Gasteiger partial charge is 0.407 e. The molecule has 1 aliphatic carbocycles. The predicted octanol–water partition coefficient (Wildman–Crippen LogP) is 2.70. The third-order valence-electron chi connectivity index (χ3n) is 2.80. The highest BCUT2D eigenvalue weighted by Crippen LogP contribution is 2.27. The van der Waals surface area contributed by atoms with Gasteiger partial charge in [0, 0.05) is 6.04 Å². The second kappa shape index (κ2) is 5.23. The third-order valence-corrected chi connectivity index (χ3v) is 2.80. The van der Waals surface area contributed by atoms with Crippen molar-refractivity contribution >= 4 is 6.09 Å². The Hall–Kier alpha value is -0.730. The molecule has 0 aliphatic heterocycles. The van der Waals surface area contributed by atoms with Crippen molar-refractivity contribution in [2.75, 3.05) is 0 Å². The molecule has 0 heterocycles. The van der Waals surface area contributed by atoms with Crippen molar-refractivity contribution in [3.8, 4) is 0 Å². The maximum absolute atomic E-state index is 11.3. The summed E-state index contributed by atoms with van der Waals surface area (Å²) in [5, 5.41) is 2.89. The minimum Gasteiger partial charge on any atom is -0.447 e. The fourth-order valence-corrected chi connectivity index (χ4v) is 2.01. The van der Waals surface area contributed by atoms with E-state index in [2.05, 4.69) is 12.2 Å². The number of hydrogen-bond donors (Lipinski definition) is 1. The molecule has 1 amide bonds. The molecule has 1 fully saturated rings. The topological polar surface area (TPSA) is 38.3 Å². The first-order chi connectivity index (χ1) is 6.59. The summed E-state index contributed by atoms with van der Waals surface area (Å²) >= 11 is 0. The largest absolute Gasteiger partial charge is 0.447 e. The first-order valence-electron chi connectivity index (χ1n) is 5.56. The van der Waals surface area contributed by atoms with E-state index < -0.39 is 0 Å². The Kier molecular flexibility index (Phi) is 4.23. The minimum absolute atomic E-state index is 0.0363. The van der Waals surface area contributed by atoms with Crippen LogP contribution in [0.2, 0.25) is 0 Å². The Morgan fingerprint density at radius 2 is 1.86 bits per heavy atom. The molecule has 1 unspecified atom stereocenters. The number of ether oxygens (including phenoxy) is 1. The first kappa shape index (κ1) is 11.3. The molecule has 0 aromatic carbocycles. The summed E-state index contributed by atoms with van der Waals surface area (Å²) in [6.45, 7) is 5.79. The summed E-state index contributed by atoms with van der Waals surface area (Å²) in [4.78, 5) is 11.3. The number of alkyl carbamates (subject to hydrolysis) is 1. The standard InChI is InChI=1S/C11H21NO2/c1-8(2)14-11(13)12-9(3)10-6-4-5-7-10/h8-10H,4-7H2,1-3H3,(H,12,13). The molecule has 3 heteroatoms. The van der Waals surface area contributed by atoms with Crippen molar-refractivity contribution in [2.24, 2.45) is 5.92 Å². The van der Waals surface area contributed by atoms with E-state index in [-0.39, 0.29) is 18.2 Å². The van der Waals surface area contributed by atoms with E-state index in [0.717, 1.165) is 0 Å². The van der Waals surface area contributed by atoms with Crippen LogP contribution in [0.5, 0.6) is 0 Å². The lowest BCUT2D eigenvalue weighted by Gasteiger charge is -2.20. The van der Waals surface area contributed by atoms with Crippen molar-refractivity contribution in [1.29, 1.82) is 0 Å². The van der Waals surface area contributed by atoms with Crippen molar-refractivity contribution in [3.05, 3.63) is 0 Å². The summed E-state index contributed by atoms with van der Waals surface area (Å²) in [6.07, 6.45) is 4.77. The quantitative estimate of drug-likeness (QED) is 0.759. The van der Waals surface area contributed by atoms with Crippen LogP contribution in [-0.4, -0.2) is 18.2 Å². The lowest BCUT2D eigenvalue weighted by molar-refractivity contribution is 0.110. The molecule has 0 radical (unpaired) electrons. The molecule has 1 saturated carbocycles. The molecule has 1 atom stereocenters. The highest BCUT2D eigenvalue weighted by atomic mass is 16.6. The van der Waals surface area contributed by atoms with Gasteiger partial charge in [0.25, 0.3) is 0 Å². The van der Waals surface area contributed by atoms with E-state index in [1.165, 1.54) is 25.7 Å². The van der Waals surface area contributed by atoms with E-state index in [1.54, 1.807) is 0 Å². The minimum atomic E-state index is -0.278. The second-order valence-electron chi connectivity index (χ2n) is 4.43. The lowest BCUT2D eigenvalue weighted by atomic mass is 10.0. The number of amides is 1. The van der Waals surface area contributed by atoms with Gasteiger partial charge in [0.05, 0.1) is 6.10 Å². The average molecular weight is 199 g/mol. The fourth-order valence-electron chi connectivity index (χ4n) is 2.01. The van der Waals surface area contributed by atoms with Gasteiger partial charge in [-0.2, -0.15) is 0 Å². The molecule has 0 aromatic rings. The van der Waals surface area contributed by atoms with Crippen molar-refractivity contribution in [1.82, 2.24) is 5.32 Å². The predicted molar refractivity (Wildman–Crippen MR) is 56.2 cm³/mol. The van der Waals surface area contributed by atoms with Gasteiger partial charge in [-0.3, -0.25) is 0 Å². The van der Waals surface area contributed by atoms with Crippen molar-refractivity contribution in [3.63, 3.8) is 0 Å². The summed E-state index contributed by atoms with van der Waals surface area (Å²) < 4.78 is 5.03. The SMILES string of the molecule is CC(C)OC(=O)NC(C)C1CCCC1. The molecule has 1 rings (SSSR count). The van der Waals surface area contributed by atoms with Gasteiger partial charge in [0.15, 0.2) is 0 Å². The fraction of sp³-hybridized carbons (Fsp3) is 0.909. The summed E-state index contributed by atoms with van der Waals surface area (Å²) in [7, 11) is 0. The van der Waals surface area contributed by atoms with E-state index in [0.29, 0.717) is 5.92 Å². The summed E-state index contributed by atoms with van der Waals surface area (Å²) in [5.41, 5.74) is 0. The van der Waals surface area contributed by atoms with Crippen molar-refractivity contribution in [2.45, 2.75) is 58.6 Å². The zero-order chi connectivity index (χ0) is 10.6. The molecular weight excluding hydrogens is 178 g/mol. The molecule has 0 spiro atoms. The lowest BCUT2D eigenvalue weighted by Crippen LogP contribution is -2.38. The highest BCUT2D eigenvalue weighted by Gasteiger charge is 2.23. The average Bonchev–Trinajstić information content (AvgIpc) is 2.53. The van der Waals surface area contributed by atoms with Crippen LogP contribution in [0.15, 0.2) is 0 Å². The summed E-state index contributed by atoms with van der Waals surface area (Å²) in [5.74, 6) is 0.648. The number of hydrogen-bond acceptors (Lipinski definition) is 2. The second-order valence-corrected chi connectivity index (χ2v) is 4.43. The Morgan fingerprint density at radius 1 is 1.29 bits per heavy atom. The van der Waals surface area contributed by atoms with Crippen LogP contribution < -0.4 is 5.32 Å². The van der Waals surface area contributed by atoms with Gasteiger partial charge in [0.1, 0.15) is 0 Å². The monoisotopic (exact) mass is 199 g/mol. The molecule has 0 saturated heterocycles. The Morgan fingerprint density at radius 3 is 2.36 bits per heavy atom. The third kappa shape index (κ3) is 3.56. The normalized spacial score (nSPS) is 19.7. The number of carbonyl (C=O) groups is 1. The molecular formula is C11H21NO2. The maximum atomic E-state index is 11.3. The van der Waals surface area contributed by atoms with Crippen LogP contribution in [-0.2, 0) is 4.74 Å². The van der Waals surface area contributed by atoms with Gasteiger partial charge in [-0.1, -0.05) is 12.8 Å². The molecule has 82 valence electrons. The van der Waals surface area contributed by atoms with Crippen LogP contribution in [0.3, 0.4) is 0 Å². The zero-order valence-corrected chi connectivity index (χ0v) is 9.38. The van der Waals surface area contributed by atoms with Gasteiger partial charge in [-0.15, -0.1) is 0 Å². The molecule has 3 nitrogen and oxygen atoms in total. The Balaban J connectivity index is 2.24. The van der Waals surface area contributed by atoms with Gasteiger partial charge < -0.3 is 10.1 Å².